The molecule has 3 aliphatic rings. The van der Waals surface area contributed by atoms with E-state index >= 15 is 0 Å². The van der Waals surface area contributed by atoms with Crippen LogP contribution in [0.25, 0.3) is 0 Å². The summed E-state index contributed by atoms with van der Waals surface area (Å²) in [6, 6.07) is 13.8. The molecule has 182 valence electrons. The molecule has 0 fully saturated rings. The van der Waals surface area contributed by atoms with Gasteiger partial charge in [-0.05, 0) is 56.3 Å². The van der Waals surface area contributed by atoms with Gasteiger partial charge in [-0.15, -0.1) is 0 Å². The number of halogens is 1. The Morgan fingerprint density at radius 2 is 2.03 bits per heavy atom. The van der Waals surface area contributed by atoms with Gasteiger partial charge in [0.15, 0.2) is 0 Å². The molecule has 0 unspecified atom stereocenters. The van der Waals surface area contributed by atoms with Crippen LogP contribution < -0.4 is 10.1 Å². The Bertz CT molecular complexity index is 1110. The maximum atomic E-state index is 12.3. The highest BCUT2D eigenvalue weighted by molar-refractivity contribution is 5.84. The molecule has 0 radical (unpaired) electrons. The van der Waals surface area contributed by atoms with Crippen molar-refractivity contribution in [1.29, 1.82) is 0 Å². The first-order valence-corrected chi connectivity index (χ1v) is 11.1. The van der Waals surface area contributed by atoms with Crippen LogP contribution >= 0.6 is 0 Å². The van der Waals surface area contributed by atoms with Gasteiger partial charge in [0.2, 0.25) is 6.08 Å². The zero-order valence-corrected chi connectivity index (χ0v) is 19.6. The summed E-state index contributed by atoms with van der Waals surface area (Å²) in [5, 5.41) is 2.79. The lowest BCUT2D eigenvalue weighted by atomic mass is 9.69. The molecule has 1 spiro atoms. The van der Waals surface area contributed by atoms with Crippen LogP contribution in [0.1, 0.15) is 31.0 Å². The van der Waals surface area contributed by atoms with Crippen molar-refractivity contribution in [2.75, 3.05) is 26.0 Å². The average Bonchev–Trinajstić information content (AvgIpc) is 3.08. The molecule has 1 N–H and O–H groups in total. The van der Waals surface area contributed by atoms with Crippen molar-refractivity contribution in [2.45, 2.75) is 43.9 Å². The molecule has 1 amide bonds. The molecule has 0 saturated heterocycles. The Hall–Kier alpha value is -3.48. The molecule has 0 saturated carbocycles. The zero-order chi connectivity index (χ0) is 23.4. The smallest absolute Gasteiger partial charge is 0.412 e. The number of carbonyl (C=O) groups is 1. The van der Waals surface area contributed by atoms with Gasteiger partial charge in [-0.25, -0.2) is 14.6 Å². The summed E-state index contributed by atoms with van der Waals surface area (Å²) in [6.07, 6.45) is 6.53. The van der Waals surface area contributed by atoms with E-state index in [1.807, 2.05) is 30.3 Å². The van der Waals surface area contributed by atoms with Gasteiger partial charge in [0.05, 0.1) is 5.41 Å². The first kappa shape index (κ1) is 25.1. The summed E-state index contributed by atoms with van der Waals surface area (Å²) in [4.78, 5) is 26.5. The highest BCUT2D eigenvalue weighted by atomic mass is 19.0. The molecule has 1 aliphatic carbocycles. The van der Waals surface area contributed by atoms with Gasteiger partial charge in [-0.1, -0.05) is 36.4 Å². The molecule has 3 atom stereocenters. The molecule has 5 rings (SSSR count). The molecule has 34 heavy (non-hydrogen) atoms. The van der Waals surface area contributed by atoms with E-state index in [2.05, 4.69) is 53.5 Å². The lowest BCUT2D eigenvalue weighted by Crippen LogP contribution is -2.44. The molecular weight excluding hydrogens is 437 g/mol. The molecule has 2 aliphatic heterocycles. The lowest BCUT2D eigenvalue weighted by Gasteiger charge is -2.36. The van der Waals surface area contributed by atoms with Gasteiger partial charge in [0, 0.05) is 32.7 Å². The Morgan fingerprint density at radius 3 is 2.74 bits per heavy atom. The number of anilines is 1. The predicted octanol–water partition coefficient (Wildman–Crippen LogP) is 4.76. The number of ether oxygens (including phenoxy) is 2. The SMILES string of the molecule is CN=C=O.Cc1ccc2c3c1O[C@H]1C[C@@H](OC(=O)Nc4ccccc4)C=C[C@@]31CCN(C)C2.F.[3HH]. The molecule has 2 aromatic carbocycles. The monoisotopic (exact) mass is 471 g/mol. The Balaban J connectivity index is 0.000000672. The third-order valence-corrected chi connectivity index (χ3v) is 6.51. The van der Waals surface area contributed by atoms with Crippen molar-refractivity contribution in [3.05, 3.63) is 71.3 Å². The highest BCUT2D eigenvalue weighted by Crippen LogP contribution is 2.53. The number of hydrogen-bond acceptors (Lipinski definition) is 6. The van der Waals surface area contributed by atoms with Gasteiger partial charge in [-0.2, -0.15) is 0 Å². The first-order chi connectivity index (χ1) is 16.0. The minimum absolute atomic E-state index is 0. The van der Waals surface area contributed by atoms with Crippen LogP contribution in [-0.4, -0.2) is 49.9 Å². The first-order valence-electron chi connectivity index (χ1n) is 11.1. The second-order valence-corrected chi connectivity index (χ2v) is 8.72. The predicted molar refractivity (Wildman–Crippen MR) is 131 cm³/mol. The molecule has 7 nitrogen and oxygen atoms in total. The van der Waals surface area contributed by atoms with Crippen LogP contribution in [0.2, 0.25) is 0 Å². The minimum Gasteiger partial charge on any atom is -0.488 e. The van der Waals surface area contributed by atoms with Crippen LogP contribution in [0, 0.1) is 6.92 Å². The molecule has 8 heteroatoms. The van der Waals surface area contributed by atoms with Crippen molar-refractivity contribution >= 4 is 17.9 Å². The van der Waals surface area contributed by atoms with Gasteiger partial charge in [0.1, 0.15) is 18.0 Å². The van der Waals surface area contributed by atoms with E-state index in [0.29, 0.717) is 6.42 Å². The number of hydrogen-bond donors (Lipinski definition) is 1. The summed E-state index contributed by atoms with van der Waals surface area (Å²) in [5.41, 5.74) is 4.46. The Morgan fingerprint density at radius 1 is 1.29 bits per heavy atom. The minimum atomic E-state index is -0.435. The number of benzene rings is 2. The van der Waals surface area contributed by atoms with E-state index in [0.717, 1.165) is 30.9 Å². The standard InChI is InChI=1S/C24H26N2O3.C2H3NO.FH.H2/c1-16-8-9-17-15-26(2)13-12-24-11-10-19(14-20(24)29-22(16)21(17)24)28-23(27)25-18-6-4-3-5-7-18;1-3-2-4;;/h3-11,19-20H,12-15H2,1-2H3,(H,25,27);1H3;2*1H/t19-,20-,24-;;;/m0.../s1/i;;;1+2. The van der Waals surface area contributed by atoms with Crippen molar-refractivity contribution in [3.63, 3.8) is 0 Å². The van der Waals surface area contributed by atoms with Gasteiger partial charge in [-0.3, -0.25) is 10.0 Å². The van der Waals surface area contributed by atoms with E-state index < -0.39 is 6.09 Å². The number of nitrogens with zero attached hydrogens (tertiary/aromatic N) is 2. The zero-order valence-electron chi connectivity index (χ0n) is 19.6. The summed E-state index contributed by atoms with van der Waals surface area (Å²) in [6.45, 7) is 4.06. The quantitative estimate of drug-likeness (QED) is 0.388. The fraction of sp³-hybridized carbons (Fsp3) is 0.385. The average molecular weight is 472 g/mol. The number of amides is 1. The van der Waals surface area contributed by atoms with Crippen molar-refractivity contribution in [3.8, 4) is 5.75 Å². The van der Waals surface area contributed by atoms with Crippen molar-refractivity contribution in [1.82, 2.24) is 4.90 Å². The van der Waals surface area contributed by atoms with Crippen LogP contribution in [0.5, 0.6) is 5.75 Å². The molecular formula is C26H32FN3O4. The van der Waals surface area contributed by atoms with Crippen LogP contribution in [0.4, 0.5) is 15.2 Å². The summed E-state index contributed by atoms with van der Waals surface area (Å²) in [5.74, 6) is 1.03. The lowest BCUT2D eigenvalue weighted by molar-refractivity contribution is 0.0674. The van der Waals surface area contributed by atoms with Gasteiger partial charge < -0.3 is 14.4 Å². The number of nitrogens with one attached hydrogen (secondary N) is 1. The summed E-state index contributed by atoms with van der Waals surface area (Å²) < 4.78 is 12.2. The van der Waals surface area contributed by atoms with E-state index in [4.69, 9.17) is 14.3 Å². The number of para-hydroxylation sites is 1. The third kappa shape index (κ3) is 4.88. The van der Waals surface area contributed by atoms with Gasteiger partial charge >= 0.3 is 6.09 Å². The van der Waals surface area contributed by atoms with Gasteiger partial charge in [0.25, 0.3) is 0 Å². The molecule has 2 aromatic rings. The fourth-order valence-electron chi connectivity index (χ4n) is 4.96. The Kier molecular flexibility index (Phi) is 7.87. The van der Waals surface area contributed by atoms with E-state index in [1.54, 1.807) is 0 Å². The molecule has 0 bridgehead atoms. The summed E-state index contributed by atoms with van der Waals surface area (Å²) in [7, 11) is 3.55. The topological polar surface area (TPSA) is 80.2 Å². The highest BCUT2D eigenvalue weighted by Gasteiger charge is 2.52. The van der Waals surface area contributed by atoms with Crippen molar-refractivity contribution in [2.24, 2.45) is 4.99 Å². The normalized spacial score (nSPS) is 23.9. The second kappa shape index (κ2) is 10.6. The third-order valence-electron chi connectivity index (χ3n) is 6.51. The Labute approximate surface area is 200 Å². The van der Waals surface area contributed by atoms with Crippen molar-refractivity contribution < 1.29 is 25.2 Å². The number of carbonyl (C=O) groups excluding carboxylic acids is 2. The molecule has 0 aromatic heterocycles. The number of isocyanates is 1. The molecule has 2 heterocycles. The largest absolute Gasteiger partial charge is 0.488 e. The number of aliphatic imine (C=N–C) groups is 1. The van der Waals surface area contributed by atoms with E-state index in [-0.39, 0.29) is 23.8 Å². The van der Waals surface area contributed by atoms with Crippen LogP contribution in [0.3, 0.4) is 0 Å². The van der Waals surface area contributed by atoms with Crippen LogP contribution in [-0.2, 0) is 21.5 Å². The fourth-order valence-corrected chi connectivity index (χ4v) is 4.96. The number of aryl methyl sites for hydroxylation is 1. The maximum Gasteiger partial charge on any atom is 0.412 e. The summed E-state index contributed by atoms with van der Waals surface area (Å²) >= 11 is 0. The van der Waals surface area contributed by atoms with Crippen LogP contribution in [0.15, 0.2) is 59.6 Å². The van der Waals surface area contributed by atoms with E-state index in [1.165, 1.54) is 29.8 Å². The van der Waals surface area contributed by atoms with E-state index in [9.17, 15) is 4.79 Å². The maximum absolute atomic E-state index is 12.3. The number of rotatable bonds is 2. The second-order valence-electron chi connectivity index (χ2n) is 8.72.